The zero-order chi connectivity index (χ0) is 15.1. The first-order chi connectivity index (χ1) is 10.7. The number of nitrogens with zero attached hydrogens (tertiary/aromatic N) is 5. The Labute approximate surface area is 133 Å². The number of amides is 1. The Morgan fingerprint density at radius 1 is 1.36 bits per heavy atom. The lowest BCUT2D eigenvalue weighted by molar-refractivity contribution is 0.0707. The zero-order valence-corrected chi connectivity index (χ0v) is 13.4. The molecule has 116 valence electrons. The molecule has 0 aromatic carbocycles. The zero-order valence-electron chi connectivity index (χ0n) is 12.6. The van der Waals surface area contributed by atoms with Crippen molar-refractivity contribution >= 4 is 17.2 Å². The second kappa shape index (κ2) is 5.46. The van der Waals surface area contributed by atoms with Crippen LogP contribution in [0.4, 0.5) is 0 Å². The molecule has 3 heterocycles. The Morgan fingerprint density at radius 3 is 2.95 bits per heavy atom. The van der Waals surface area contributed by atoms with Crippen LogP contribution in [-0.4, -0.2) is 43.6 Å². The molecule has 0 bridgehead atoms. The lowest BCUT2D eigenvalue weighted by atomic mass is 9.97. The van der Waals surface area contributed by atoms with Gasteiger partial charge in [0, 0.05) is 25.0 Å². The summed E-state index contributed by atoms with van der Waals surface area (Å²) in [4.78, 5) is 19.6. The standard InChI is InChI=1S/C15H19N5OS/c1-10-13(22-9-16-10)15(21)19-6-2-3-11(7-19)14-18-17-8-20(14)12-4-5-12/h8-9,11-12H,2-7H2,1H3/t11-/m1/s1. The summed E-state index contributed by atoms with van der Waals surface area (Å²) in [5.41, 5.74) is 2.58. The molecule has 1 aliphatic heterocycles. The van der Waals surface area contributed by atoms with E-state index in [-0.39, 0.29) is 5.91 Å². The summed E-state index contributed by atoms with van der Waals surface area (Å²) in [6.07, 6.45) is 6.39. The largest absolute Gasteiger partial charge is 0.337 e. The van der Waals surface area contributed by atoms with E-state index in [0.29, 0.717) is 12.0 Å². The summed E-state index contributed by atoms with van der Waals surface area (Å²) >= 11 is 1.43. The number of carbonyl (C=O) groups excluding carboxylic acids is 1. The monoisotopic (exact) mass is 317 g/mol. The smallest absolute Gasteiger partial charge is 0.265 e. The van der Waals surface area contributed by atoms with Gasteiger partial charge in [0.2, 0.25) is 0 Å². The van der Waals surface area contributed by atoms with Crippen molar-refractivity contribution in [1.29, 1.82) is 0 Å². The summed E-state index contributed by atoms with van der Waals surface area (Å²) in [5, 5.41) is 8.43. The summed E-state index contributed by atoms with van der Waals surface area (Å²) < 4.78 is 2.22. The molecule has 6 nitrogen and oxygen atoms in total. The van der Waals surface area contributed by atoms with E-state index in [4.69, 9.17) is 0 Å². The average molecular weight is 317 g/mol. The highest BCUT2D eigenvalue weighted by molar-refractivity contribution is 7.11. The summed E-state index contributed by atoms with van der Waals surface area (Å²) in [7, 11) is 0. The van der Waals surface area contributed by atoms with Gasteiger partial charge >= 0.3 is 0 Å². The van der Waals surface area contributed by atoms with Gasteiger partial charge in [0.25, 0.3) is 5.91 Å². The molecule has 4 rings (SSSR count). The highest BCUT2D eigenvalue weighted by atomic mass is 32.1. The Kier molecular flexibility index (Phi) is 3.44. The number of piperidine rings is 1. The molecule has 1 amide bonds. The lowest BCUT2D eigenvalue weighted by Gasteiger charge is -2.32. The quantitative estimate of drug-likeness (QED) is 0.872. The molecule has 0 N–H and O–H groups in total. The van der Waals surface area contributed by atoms with Crippen LogP contribution in [0.3, 0.4) is 0 Å². The molecule has 0 unspecified atom stereocenters. The van der Waals surface area contributed by atoms with E-state index >= 15 is 0 Å². The van der Waals surface area contributed by atoms with Gasteiger partial charge in [-0.1, -0.05) is 0 Å². The molecular weight excluding hydrogens is 298 g/mol. The van der Waals surface area contributed by atoms with E-state index in [2.05, 4.69) is 19.7 Å². The van der Waals surface area contributed by atoms with E-state index < -0.39 is 0 Å². The maximum Gasteiger partial charge on any atom is 0.265 e. The van der Waals surface area contributed by atoms with Gasteiger partial charge in [-0.05, 0) is 32.6 Å². The third-order valence-corrected chi connectivity index (χ3v) is 5.47. The number of hydrogen-bond acceptors (Lipinski definition) is 5. The fourth-order valence-electron chi connectivity index (χ4n) is 3.20. The molecule has 1 saturated carbocycles. The topological polar surface area (TPSA) is 63.9 Å². The Hall–Kier alpha value is -1.76. The SMILES string of the molecule is Cc1ncsc1C(=O)N1CCC[C@@H](c2nncn2C2CC2)C1. The normalized spacial score (nSPS) is 22.0. The molecule has 2 aromatic rings. The molecule has 2 aromatic heterocycles. The van der Waals surface area contributed by atoms with Gasteiger partial charge in [0.1, 0.15) is 17.0 Å². The molecule has 0 spiro atoms. The second-order valence-electron chi connectivity index (χ2n) is 6.18. The molecule has 7 heteroatoms. The van der Waals surface area contributed by atoms with Crippen LogP contribution in [0.5, 0.6) is 0 Å². The molecule has 0 radical (unpaired) electrons. The number of aromatic nitrogens is 4. The number of rotatable bonds is 3. The van der Waals surface area contributed by atoms with Gasteiger partial charge in [0.15, 0.2) is 0 Å². The van der Waals surface area contributed by atoms with Gasteiger partial charge in [-0.2, -0.15) is 0 Å². The van der Waals surface area contributed by atoms with Crippen LogP contribution in [0.2, 0.25) is 0 Å². The van der Waals surface area contributed by atoms with Crippen LogP contribution in [0.25, 0.3) is 0 Å². The van der Waals surface area contributed by atoms with Crippen LogP contribution < -0.4 is 0 Å². The van der Waals surface area contributed by atoms with Crippen LogP contribution in [0, 0.1) is 6.92 Å². The maximum absolute atomic E-state index is 12.7. The van der Waals surface area contributed by atoms with Crippen LogP contribution >= 0.6 is 11.3 Å². The first kappa shape index (κ1) is 13.9. The van der Waals surface area contributed by atoms with Crippen molar-refractivity contribution in [1.82, 2.24) is 24.6 Å². The molecule has 1 atom stereocenters. The molecule has 1 saturated heterocycles. The summed E-state index contributed by atoms with van der Waals surface area (Å²) in [6.45, 7) is 3.46. The van der Waals surface area contributed by atoms with Crippen molar-refractivity contribution in [2.75, 3.05) is 13.1 Å². The minimum absolute atomic E-state index is 0.113. The highest BCUT2D eigenvalue weighted by Crippen LogP contribution is 2.38. The molecule has 22 heavy (non-hydrogen) atoms. The predicted octanol–water partition coefficient (Wildman–Crippen LogP) is 2.40. The summed E-state index contributed by atoms with van der Waals surface area (Å²) in [5.74, 6) is 1.47. The van der Waals surface area contributed by atoms with E-state index in [1.54, 1.807) is 5.51 Å². The number of aryl methyl sites for hydroxylation is 1. The molecule has 1 aliphatic carbocycles. The van der Waals surface area contributed by atoms with E-state index in [9.17, 15) is 4.79 Å². The predicted molar refractivity (Wildman–Crippen MR) is 83.0 cm³/mol. The van der Waals surface area contributed by atoms with E-state index in [0.717, 1.165) is 42.3 Å². The number of carbonyl (C=O) groups is 1. The minimum Gasteiger partial charge on any atom is -0.337 e. The number of hydrogen-bond donors (Lipinski definition) is 0. The Balaban J connectivity index is 1.53. The van der Waals surface area contributed by atoms with Crippen LogP contribution in [0.1, 0.15) is 58.8 Å². The van der Waals surface area contributed by atoms with Gasteiger partial charge in [-0.15, -0.1) is 21.5 Å². The first-order valence-electron chi connectivity index (χ1n) is 7.83. The second-order valence-corrected chi connectivity index (χ2v) is 7.04. The van der Waals surface area contributed by atoms with Crippen molar-refractivity contribution < 1.29 is 4.79 Å². The van der Waals surface area contributed by atoms with Crippen molar-refractivity contribution in [3.8, 4) is 0 Å². The van der Waals surface area contributed by atoms with Crippen molar-refractivity contribution in [3.63, 3.8) is 0 Å². The van der Waals surface area contributed by atoms with E-state index in [1.807, 2.05) is 18.2 Å². The molecular formula is C15H19N5OS. The third kappa shape index (κ3) is 2.43. The number of thiazole rings is 1. The van der Waals surface area contributed by atoms with Gasteiger partial charge in [0.05, 0.1) is 11.2 Å². The van der Waals surface area contributed by atoms with Crippen molar-refractivity contribution in [3.05, 3.63) is 28.2 Å². The van der Waals surface area contributed by atoms with E-state index in [1.165, 1.54) is 24.2 Å². The minimum atomic E-state index is 0.113. The fraction of sp³-hybridized carbons (Fsp3) is 0.600. The van der Waals surface area contributed by atoms with Gasteiger partial charge in [-0.3, -0.25) is 4.79 Å². The lowest BCUT2D eigenvalue weighted by Crippen LogP contribution is -2.39. The fourth-order valence-corrected chi connectivity index (χ4v) is 3.97. The highest BCUT2D eigenvalue weighted by Gasteiger charge is 2.33. The molecule has 2 aliphatic rings. The van der Waals surface area contributed by atoms with Gasteiger partial charge in [-0.25, -0.2) is 4.98 Å². The summed E-state index contributed by atoms with van der Waals surface area (Å²) in [6, 6.07) is 0.583. The Bertz CT molecular complexity index is 690. The first-order valence-corrected chi connectivity index (χ1v) is 8.70. The van der Waals surface area contributed by atoms with Crippen LogP contribution in [-0.2, 0) is 0 Å². The Morgan fingerprint density at radius 2 is 2.23 bits per heavy atom. The molecule has 2 fully saturated rings. The average Bonchev–Trinajstić information content (AvgIpc) is 3.10. The third-order valence-electron chi connectivity index (χ3n) is 4.55. The van der Waals surface area contributed by atoms with Crippen molar-refractivity contribution in [2.45, 2.75) is 44.6 Å². The van der Waals surface area contributed by atoms with Crippen LogP contribution in [0.15, 0.2) is 11.8 Å². The van der Waals surface area contributed by atoms with Gasteiger partial charge < -0.3 is 9.47 Å². The number of likely N-dealkylation sites (tertiary alicyclic amines) is 1. The maximum atomic E-state index is 12.7. The van der Waals surface area contributed by atoms with Crippen molar-refractivity contribution in [2.24, 2.45) is 0 Å².